The number of benzene rings is 1. The number of nitrogens with zero attached hydrogens (tertiary/aromatic N) is 5. The Morgan fingerprint density at radius 3 is 3.00 bits per heavy atom. The highest BCUT2D eigenvalue weighted by Gasteiger charge is 2.11. The maximum atomic E-state index is 4.62. The highest BCUT2D eigenvalue weighted by atomic mass is 32.2. The predicted octanol–water partition coefficient (Wildman–Crippen LogP) is 3.12. The number of thiazole rings is 1. The van der Waals surface area contributed by atoms with Crippen molar-refractivity contribution >= 4 is 44.3 Å². The van der Waals surface area contributed by atoms with Gasteiger partial charge in [0.25, 0.3) is 0 Å². The number of hydrogen-bond acceptors (Lipinski definition) is 6. The molecule has 0 radical (unpaired) electrons. The third-order valence-electron chi connectivity index (χ3n) is 2.95. The lowest BCUT2D eigenvalue weighted by molar-refractivity contribution is 0.784. The molecule has 0 bridgehead atoms. The third-order valence-corrected chi connectivity index (χ3v) is 5.07. The first-order valence-corrected chi connectivity index (χ1v) is 7.61. The summed E-state index contributed by atoms with van der Waals surface area (Å²) in [7, 11) is 1.88. The summed E-state index contributed by atoms with van der Waals surface area (Å²) in [5, 5.41) is 6.07. The van der Waals surface area contributed by atoms with E-state index in [-0.39, 0.29) is 0 Å². The van der Waals surface area contributed by atoms with Crippen LogP contribution in [0.2, 0.25) is 0 Å². The lowest BCUT2D eigenvalue weighted by Gasteiger charge is -1.98. The second-order valence-electron chi connectivity index (χ2n) is 4.23. The van der Waals surface area contributed by atoms with E-state index in [0.29, 0.717) is 0 Å². The Hall–Kier alpha value is -1.99. The molecular weight excluding hydrogens is 290 g/mol. The van der Waals surface area contributed by atoms with E-state index >= 15 is 0 Å². The van der Waals surface area contributed by atoms with Crippen molar-refractivity contribution in [2.24, 2.45) is 7.05 Å². The Balaban J connectivity index is 1.80. The summed E-state index contributed by atoms with van der Waals surface area (Å²) in [6.45, 7) is 0. The summed E-state index contributed by atoms with van der Waals surface area (Å²) in [6, 6.07) is 8.13. The third kappa shape index (κ3) is 1.86. The van der Waals surface area contributed by atoms with Crippen molar-refractivity contribution in [3.05, 3.63) is 36.8 Å². The summed E-state index contributed by atoms with van der Waals surface area (Å²) in [5.41, 5.74) is 1.86. The van der Waals surface area contributed by atoms with Gasteiger partial charge in [-0.25, -0.2) is 15.0 Å². The molecule has 0 aliphatic carbocycles. The molecule has 0 amide bonds. The minimum absolute atomic E-state index is 0.837. The second kappa shape index (κ2) is 4.53. The molecule has 0 fully saturated rings. The maximum absolute atomic E-state index is 4.62. The lowest BCUT2D eigenvalue weighted by Crippen LogP contribution is -1.92. The molecule has 0 saturated heterocycles. The van der Waals surface area contributed by atoms with Crippen molar-refractivity contribution in [1.82, 2.24) is 24.7 Å². The number of aryl methyl sites for hydroxylation is 1. The zero-order chi connectivity index (χ0) is 13.5. The molecule has 0 N–H and O–H groups in total. The fourth-order valence-corrected chi connectivity index (χ4v) is 4.03. The number of fused-ring (bicyclic) bond motifs is 2. The Morgan fingerprint density at radius 2 is 2.10 bits per heavy atom. The SMILES string of the molecule is Cn1ncc2c(Sc3nc4ccccc4s3)ncnc21. The average molecular weight is 299 g/mol. The molecule has 0 aliphatic rings. The first kappa shape index (κ1) is 11.8. The first-order valence-electron chi connectivity index (χ1n) is 5.97. The molecular formula is C13H9N5S2. The molecule has 98 valence electrons. The van der Waals surface area contributed by atoms with Crippen LogP contribution in [0, 0.1) is 0 Å². The average Bonchev–Trinajstić information content (AvgIpc) is 3.03. The molecule has 4 rings (SSSR count). The molecule has 0 atom stereocenters. The van der Waals surface area contributed by atoms with Crippen molar-refractivity contribution in [1.29, 1.82) is 0 Å². The van der Waals surface area contributed by atoms with E-state index in [9.17, 15) is 0 Å². The van der Waals surface area contributed by atoms with Crippen LogP contribution in [-0.4, -0.2) is 24.7 Å². The molecule has 1 aromatic carbocycles. The van der Waals surface area contributed by atoms with Gasteiger partial charge in [0, 0.05) is 7.05 Å². The van der Waals surface area contributed by atoms with E-state index in [1.807, 2.05) is 25.2 Å². The Morgan fingerprint density at radius 1 is 1.20 bits per heavy atom. The van der Waals surface area contributed by atoms with Gasteiger partial charge in [0.2, 0.25) is 0 Å². The largest absolute Gasteiger partial charge is 0.250 e. The van der Waals surface area contributed by atoms with Gasteiger partial charge in [-0.3, -0.25) is 4.68 Å². The zero-order valence-electron chi connectivity index (χ0n) is 10.5. The van der Waals surface area contributed by atoms with Gasteiger partial charge in [-0.2, -0.15) is 5.10 Å². The molecule has 20 heavy (non-hydrogen) atoms. The molecule has 0 spiro atoms. The fourth-order valence-electron chi connectivity index (χ4n) is 2.00. The molecule has 5 nitrogen and oxygen atoms in total. The van der Waals surface area contributed by atoms with Crippen LogP contribution in [0.3, 0.4) is 0 Å². The van der Waals surface area contributed by atoms with Crippen LogP contribution in [-0.2, 0) is 7.05 Å². The zero-order valence-corrected chi connectivity index (χ0v) is 12.1. The van der Waals surface area contributed by atoms with Gasteiger partial charge < -0.3 is 0 Å². The smallest absolute Gasteiger partial charge is 0.162 e. The van der Waals surface area contributed by atoms with Gasteiger partial charge in [0.05, 0.1) is 21.8 Å². The van der Waals surface area contributed by atoms with Gasteiger partial charge in [-0.05, 0) is 23.9 Å². The maximum Gasteiger partial charge on any atom is 0.162 e. The highest BCUT2D eigenvalue weighted by molar-refractivity contribution is 8.01. The van der Waals surface area contributed by atoms with Crippen molar-refractivity contribution in [2.45, 2.75) is 9.37 Å². The number of para-hydroxylation sites is 1. The number of rotatable bonds is 2. The van der Waals surface area contributed by atoms with Crippen LogP contribution >= 0.6 is 23.1 Å². The first-order chi connectivity index (χ1) is 9.81. The van der Waals surface area contributed by atoms with E-state index in [4.69, 9.17) is 0 Å². The molecule has 4 aromatic rings. The lowest BCUT2D eigenvalue weighted by atomic mass is 10.3. The molecule has 7 heteroatoms. The fraction of sp³-hybridized carbons (Fsp3) is 0.0769. The molecule has 3 heterocycles. The summed E-state index contributed by atoms with van der Waals surface area (Å²) in [4.78, 5) is 13.2. The van der Waals surface area contributed by atoms with Gasteiger partial charge in [-0.1, -0.05) is 12.1 Å². The Kier molecular flexibility index (Phi) is 2.68. The summed E-state index contributed by atoms with van der Waals surface area (Å²) < 4.78 is 3.92. The van der Waals surface area contributed by atoms with Crippen LogP contribution in [0.5, 0.6) is 0 Å². The normalized spacial score (nSPS) is 11.4. The van der Waals surface area contributed by atoms with Crippen LogP contribution in [0.25, 0.3) is 21.3 Å². The molecule has 0 unspecified atom stereocenters. The van der Waals surface area contributed by atoms with Gasteiger partial charge >= 0.3 is 0 Å². The van der Waals surface area contributed by atoms with E-state index in [1.54, 1.807) is 40.3 Å². The van der Waals surface area contributed by atoms with E-state index in [0.717, 1.165) is 25.9 Å². The van der Waals surface area contributed by atoms with Crippen LogP contribution in [0.15, 0.2) is 46.2 Å². The van der Waals surface area contributed by atoms with Crippen molar-refractivity contribution in [2.75, 3.05) is 0 Å². The molecule has 3 aromatic heterocycles. The Labute approximate surface area is 122 Å². The minimum Gasteiger partial charge on any atom is -0.250 e. The van der Waals surface area contributed by atoms with Crippen LogP contribution in [0.1, 0.15) is 0 Å². The van der Waals surface area contributed by atoms with Gasteiger partial charge in [0.1, 0.15) is 11.4 Å². The van der Waals surface area contributed by atoms with Crippen molar-refractivity contribution < 1.29 is 0 Å². The summed E-state index contributed by atoms with van der Waals surface area (Å²) in [6.07, 6.45) is 3.37. The second-order valence-corrected chi connectivity index (χ2v) is 6.50. The quantitative estimate of drug-likeness (QED) is 0.532. The van der Waals surface area contributed by atoms with Gasteiger partial charge in [-0.15, -0.1) is 11.3 Å². The van der Waals surface area contributed by atoms with Gasteiger partial charge in [0.15, 0.2) is 9.99 Å². The van der Waals surface area contributed by atoms with Crippen LogP contribution in [0.4, 0.5) is 0 Å². The number of hydrogen-bond donors (Lipinski definition) is 0. The monoisotopic (exact) mass is 299 g/mol. The number of aromatic nitrogens is 5. The molecule has 0 aliphatic heterocycles. The predicted molar refractivity (Wildman–Crippen MR) is 80.0 cm³/mol. The van der Waals surface area contributed by atoms with E-state index < -0.39 is 0 Å². The van der Waals surface area contributed by atoms with Crippen molar-refractivity contribution in [3.8, 4) is 0 Å². The standard InChI is InChI=1S/C13H9N5S2/c1-18-11-8(6-16-18)12(15-7-14-11)20-13-17-9-4-2-3-5-10(9)19-13/h2-7H,1H3. The van der Waals surface area contributed by atoms with E-state index in [1.165, 1.54) is 4.70 Å². The van der Waals surface area contributed by atoms with E-state index in [2.05, 4.69) is 26.1 Å². The van der Waals surface area contributed by atoms with Crippen LogP contribution < -0.4 is 0 Å². The van der Waals surface area contributed by atoms with Crippen molar-refractivity contribution in [3.63, 3.8) is 0 Å². The summed E-state index contributed by atoms with van der Waals surface area (Å²) >= 11 is 3.23. The molecule has 0 saturated carbocycles. The highest BCUT2D eigenvalue weighted by Crippen LogP contribution is 2.35. The summed E-state index contributed by atoms with van der Waals surface area (Å²) in [5.74, 6) is 0. The Bertz CT molecular complexity index is 878. The minimum atomic E-state index is 0.837. The topological polar surface area (TPSA) is 56.5 Å².